The number of nitrogens with zero attached hydrogens (tertiary/aromatic N) is 2. The number of hydrogen-bond acceptors (Lipinski definition) is 4. The summed E-state index contributed by atoms with van der Waals surface area (Å²) in [6.45, 7) is 3.39. The molecule has 2 aromatic rings. The summed E-state index contributed by atoms with van der Waals surface area (Å²) >= 11 is 0. The third kappa shape index (κ3) is 2.20. The number of hydrogen-bond donors (Lipinski definition) is 2. The molecule has 1 aromatic heterocycles. The second-order valence-electron chi connectivity index (χ2n) is 3.99. The predicted octanol–water partition coefficient (Wildman–Crippen LogP) is 1.56. The largest absolute Gasteiger partial charge is 0.493 e. The Balaban J connectivity index is 2.67. The quantitative estimate of drug-likeness (QED) is 0.889. The van der Waals surface area contributed by atoms with Gasteiger partial charge in [-0.05, 0) is 19.9 Å². The van der Waals surface area contributed by atoms with Gasteiger partial charge >= 0.3 is 0 Å². The lowest BCUT2D eigenvalue weighted by Crippen LogP contribution is -2.13. The van der Waals surface area contributed by atoms with E-state index >= 15 is 0 Å². The summed E-state index contributed by atoms with van der Waals surface area (Å²) in [5.74, 6) is -2.93. The minimum atomic E-state index is -1.14. The molecule has 0 saturated carbocycles. The van der Waals surface area contributed by atoms with Crippen LogP contribution in [-0.4, -0.2) is 27.9 Å². The molecule has 0 atom stereocenters. The van der Waals surface area contributed by atoms with Gasteiger partial charge in [-0.25, -0.2) is 8.78 Å². The highest BCUT2D eigenvalue weighted by Gasteiger charge is 2.23. The number of halogens is 2. The van der Waals surface area contributed by atoms with Crippen molar-refractivity contribution in [3.05, 3.63) is 29.0 Å². The first kappa shape index (κ1) is 13.9. The van der Waals surface area contributed by atoms with Gasteiger partial charge in [-0.15, -0.1) is 0 Å². The van der Waals surface area contributed by atoms with Crippen molar-refractivity contribution in [3.8, 4) is 17.0 Å². The van der Waals surface area contributed by atoms with Crippen molar-refractivity contribution in [1.29, 1.82) is 0 Å². The Morgan fingerprint density at radius 3 is 2.70 bits per heavy atom. The number of carbonyl (C=O) groups excluding carboxylic acids is 1. The van der Waals surface area contributed by atoms with E-state index in [1.54, 1.807) is 6.92 Å². The van der Waals surface area contributed by atoms with E-state index in [0.29, 0.717) is 0 Å². The Morgan fingerprint density at radius 2 is 2.10 bits per heavy atom. The number of rotatable bonds is 4. The van der Waals surface area contributed by atoms with Crippen molar-refractivity contribution >= 4 is 5.91 Å². The first-order valence-electron chi connectivity index (χ1n) is 5.79. The zero-order chi connectivity index (χ0) is 14.9. The second-order valence-corrected chi connectivity index (χ2v) is 3.99. The van der Waals surface area contributed by atoms with Crippen LogP contribution >= 0.6 is 0 Å². The summed E-state index contributed by atoms with van der Waals surface area (Å²) in [5, 5.41) is 9.32. The molecule has 0 saturated heterocycles. The van der Waals surface area contributed by atoms with Crippen LogP contribution in [0.15, 0.2) is 6.07 Å². The number of nitrogens with one attached hydrogen (secondary N) is 1. The molecular formula is C12H12F2N4O2. The fraction of sp³-hybridized carbons (Fsp3) is 0.250. The number of aromatic amines is 1. The number of nitrogens with two attached hydrogens (primary N) is 1. The minimum Gasteiger partial charge on any atom is -0.493 e. The first-order chi connectivity index (χ1) is 9.47. The molecule has 106 valence electrons. The van der Waals surface area contributed by atoms with E-state index in [0.717, 1.165) is 0 Å². The molecule has 8 heteroatoms. The van der Waals surface area contributed by atoms with Gasteiger partial charge in [0.2, 0.25) is 0 Å². The maximum Gasteiger partial charge on any atom is 0.271 e. The van der Waals surface area contributed by atoms with E-state index in [1.807, 2.05) is 0 Å². The number of ether oxygens (including phenoxy) is 1. The number of carbonyl (C=O) groups is 1. The number of amides is 1. The van der Waals surface area contributed by atoms with Gasteiger partial charge < -0.3 is 10.5 Å². The molecule has 1 aromatic carbocycles. The minimum absolute atomic E-state index is 0.0391. The number of H-pyrrole nitrogens is 1. The van der Waals surface area contributed by atoms with Crippen molar-refractivity contribution in [2.75, 3.05) is 6.61 Å². The van der Waals surface area contributed by atoms with Gasteiger partial charge in [0.25, 0.3) is 5.91 Å². The van der Waals surface area contributed by atoms with Crippen LogP contribution in [0.2, 0.25) is 0 Å². The predicted molar refractivity (Wildman–Crippen MR) is 66.2 cm³/mol. The maximum atomic E-state index is 14.0. The molecule has 3 N–H and O–H groups in total. The zero-order valence-corrected chi connectivity index (χ0v) is 10.8. The van der Waals surface area contributed by atoms with E-state index in [4.69, 9.17) is 10.5 Å². The molecule has 20 heavy (non-hydrogen) atoms. The molecule has 0 unspecified atom stereocenters. The zero-order valence-electron chi connectivity index (χ0n) is 10.8. The van der Waals surface area contributed by atoms with Crippen molar-refractivity contribution in [2.45, 2.75) is 13.8 Å². The number of primary amides is 1. The molecule has 1 heterocycles. The second kappa shape index (κ2) is 5.24. The van der Waals surface area contributed by atoms with E-state index in [1.165, 1.54) is 13.0 Å². The van der Waals surface area contributed by atoms with Crippen LogP contribution in [0.4, 0.5) is 8.78 Å². The highest BCUT2D eigenvalue weighted by molar-refractivity contribution is 5.96. The van der Waals surface area contributed by atoms with Gasteiger partial charge in [-0.1, -0.05) is 0 Å². The van der Waals surface area contributed by atoms with E-state index < -0.39 is 17.5 Å². The summed E-state index contributed by atoms with van der Waals surface area (Å²) in [6, 6.07) is 1.27. The third-order valence-electron chi connectivity index (χ3n) is 2.74. The molecular weight excluding hydrogens is 270 g/mol. The average molecular weight is 282 g/mol. The van der Waals surface area contributed by atoms with E-state index in [9.17, 15) is 13.6 Å². The fourth-order valence-electron chi connectivity index (χ4n) is 1.76. The van der Waals surface area contributed by atoms with Crippen LogP contribution in [0.3, 0.4) is 0 Å². The Kier molecular flexibility index (Phi) is 3.64. The summed E-state index contributed by atoms with van der Waals surface area (Å²) < 4.78 is 33.1. The smallest absolute Gasteiger partial charge is 0.271 e. The van der Waals surface area contributed by atoms with Crippen molar-refractivity contribution in [3.63, 3.8) is 0 Å². The summed E-state index contributed by atoms with van der Waals surface area (Å²) in [6.07, 6.45) is 0. The monoisotopic (exact) mass is 282 g/mol. The highest BCUT2D eigenvalue weighted by atomic mass is 19.2. The summed E-state index contributed by atoms with van der Waals surface area (Å²) in [7, 11) is 0. The molecule has 0 spiro atoms. The molecule has 0 radical (unpaired) electrons. The molecule has 0 fully saturated rings. The van der Waals surface area contributed by atoms with Crippen LogP contribution in [-0.2, 0) is 0 Å². The van der Waals surface area contributed by atoms with Gasteiger partial charge in [-0.2, -0.15) is 15.4 Å². The Morgan fingerprint density at radius 1 is 1.40 bits per heavy atom. The van der Waals surface area contributed by atoms with Gasteiger partial charge in [-0.3, -0.25) is 4.79 Å². The molecule has 0 bridgehead atoms. The molecule has 0 aliphatic rings. The molecule has 6 nitrogen and oxygen atoms in total. The molecule has 0 aliphatic carbocycles. The Labute approximate surface area is 112 Å². The van der Waals surface area contributed by atoms with Crippen molar-refractivity contribution in [1.82, 2.24) is 15.4 Å². The van der Waals surface area contributed by atoms with Gasteiger partial charge in [0.1, 0.15) is 11.4 Å². The Hall–Kier alpha value is -2.51. The Bertz CT molecular complexity index is 670. The first-order valence-corrected chi connectivity index (χ1v) is 5.79. The van der Waals surface area contributed by atoms with Gasteiger partial charge in [0, 0.05) is 11.1 Å². The number of benzene rings is 1. The van der Waals surface area contributed by atoms with Crippen LogP contribution in [0.25, 0.3) is 11.3 Å². The van der Waals surface area contributed by atoms with E-state index in [2.05, 4.69) is 15.4 Å². The molecule has 1 amide bonds. The topological polar surface area (TPSA) is 93.9 Å². The van der Waals surface area contributed by atoms with Gasteiger partial charge in [0.05, 0.1) is 6.61 Å². The van der Waals surface area contributed by atoms with Crippen molar-refractivity contribution < 1.29 is 18.3 Å². The van der Waals surface area contributed by atoms with E-state index in [-0.39, 0.29) is 34.9 Å². The molecule has 2 rings (SSSR count). The average Bonchev–Trinajstić information content (AvgIpc) is 2.89. The lowest BCUT2D eigenvalue weighted by Gasteiger charge is -2.11. The van der Waals surface area contributed by atoms with Gasteiger partial charge in [0.15, 0.2) is 17.3 Å². The van der Waals surface area contributed by atoms with Crippen LogP contribution in [0.5, 0.6) is 5.75 Å². The lowest BCUT2D eigenvalue weighted by atomic mass is 10.0. The SMILES string of the molecule is CCOc1cc(-c2n[nH]nc2C(N)=O)c(F)c(F)c1C. The van der Waals surface area contributed by atoms with Crippen LogP contribution in [0.1, 0.15) is 23.0 Å². The number of aromatic nitrogens is 3. The highest BCUT2D eigenvalue weighted by Crippen LogP contribution is 2.32. The summed E-state index contributed by atoms with van der Waals surface area (Å²) in [5.41, 5.74) is 4.48. The van der Waals surface area contributed by atoms with Crippen LogP contribution < -0.4 is 10.5 Å². The van der Waals surface area contributed by atoms with Crippen molar-refractivity contribution in [2.24, 2.45) is 5.73 Å². The third-order valence-corrected chi connectivity index (χ3v) is 2.74. The van der Waals surface area contributed by atoms with Crippen LogP contribution in [0, 0.1) is 18.6 Å². The molecule has 0 aliphatic heterocycles. The fourth-order valence-corrected chi connectivity index (χ4v) is 1.76. The normalized spacial score (nSPS) is 10.6. The standard InChI is InChI=1S/C12H12F2N4O2/c1-3-20-7-4-6(9(14)8(13)5(7)2)10-11(12(15)19)17-18-16-10/h4H,3H2,1-2H3,(H2,15,19)(H,16,17,18). The lowest BCUT2D eigenvalue weighted by molar-refractivity contribution is 0.0996. The summed E-state index contributed by atoms with van der Waals surface area (Å²) in [4.78, 5) is 11.2. The maximum absolute atomic E-state index is 14.0.